The van der Waals surface area contributed by atoms with E-state index in [9.17, 15) is 0 Å². The summed E-state index contributed by atoms with van der Waals surface area (Å²) < 4.78 is 0.683. The van der Waals surface area contributed by atoms with Crippen LogP contribution in [0.4, 0.5) is 0 Å². The van der Waals surface area contributed by atoms with E-state index in [1.165, 1.54) is 11.3 Å². The van der Waals surface area contributed by atoms with Crippen molar-refractivity contribution in [2.75, 3.05) is 6.54 Å². The fourth-order valence-electron chi connectivity index (χ4n) is 0.634. The second kappa shape index (κ2) is 3.34. The van der Waals surface area contributed by atoms with Crippen molar-refractivity contribution >= 4 is 22.9 Å². The maximum Gasteiger partial charge on any atom is 0.0932 e. The largest absolute Gasteiger partial charge is 0.387 e. The van der Waals surface area contributed by atoms with Crippen molar-refractivity contribution in [2.45, 2.75) is 6.10 Å². The van der Waals surface area contributed by atoms with Gasteiger partial charge in [-0.2, -0.15) is 0 Å². The third-order valence-electron chi connectivity index (χ3n) is 1.20. The Kier molecular flexibility index (Phi) is 2.68. The minimum Gasteiger partial charge on any atom is -0.387 e. The molecular formula is C6H8ClNOS. The van der Waals surface area contributed by atoms with Crippen LogP contribution in [0.25, 0.3) is 0 Å². The number of nitrogens with two attached hydrogens (primary N) is 1. The highest BCUT2D eigenvalue weighted by Crippen LogP contribution is 2.23. The summed E-state index contributed by atoms with van der Waals surface area (Å²) in [4.78, 5) is 0. The van der Waals surface area contributed by atoms with Crippen LogP contribution in [0.1, 0.15) is 11.7 Å². The smallest absolute Gasteiger partial charge is 0.0932 e. The third kappa shape index (κ3) is 1.70. The van der Waals surface area contributed by atoms with Gasteiger partial charge >= 0.3 is 0 Å². The Morgan fingerprint density at radius 1 is 1.80 bits per heavy atom. The number of halogens is 1. The molecule has 0 aromatic carbocycles. The minimum absolute atomic E-state index is 0.243. The molecule has 1 aromatic heterocycles. The van der Waals surface area contributed by atoms with Crippen molar-refractivity contribution in [1.29, 1.82) is 0 Å². The minimum atomic E-state index is -0.566. The van der Waals surface area contributed by atoms with Crippen LogP contribution in [0, 0.1) is 0 Å². The van der Waals surface area contributed by atoms with E-state index in [0.717, 1.165) is 5.56 Å². The summed E-state index contributed by atoms with van der Waals surface area (Å²) in [6.07, 6.45) is -0.566. The van der Waals surface area contributed by atoms with E-state index in [-0.39, 0.29) is 6.54 Å². The predicted molar refractivity (Wildman–Crippen MR) is 43.3 cm³/mol. The Hall–Kier alpha value is -0.0900. The van der Waals surface area contributed by atoms with Crippen LogP contribution in [0.15, 0.2) is 11.4 Å². The molecule has 10 heavy (non-hydrogen) atoms. The highest BCUT2D eigenvalue weighted by atomic mass is 35.5. The number of aliphatic hydroxyl groups is 1. The molecule has 0 fully saturated rings. The summed E-state index contributed by atoms with van der Waals surface area (Å²) in [7, 11) is 0. The van der Waals surface area contributed by atoms with E-state index in [4.69, 9.17) is 22.4 Å². The van der Waals surface area contributed by atoms with Gasteiger partial charge in [0.05, 0.1) is 10.4 Å². The monoisotopic (exact) mass is 177 g/mol. The quantitative estimate of drug-likeness (QED) is 0.718. The fraction of sp³-hybridized carbons (Fsp3) is 0.333. The van der Waals surface area contributed by atoms with Gasteiger partial charge in [0.25, 0.3) is 0 Å². The summed E-state index contributed by atoms with van der Waals surface area (Å²) in [6, 6.07) is 1.73. The van der Waals surface area contributed by atoms with Gasteiger partial charge in [-0.3, -0.25) is 0 Å². The number of thiophene rings is 1. The second-order valence-corrected chi connectivity index (χ2v) is 3.48. The molecule has 1 rings (SSSR count). The molecule has 0 bridgehead atoms. The summed E-state index contributed by atoms with van der Waals surface area (Å²) in [5.74, 6) is 0. The van der Waals surface area contributed by atoms with Crippen LogP contribution in [-0.4, -0.2) is 11.7 Å². The van der Waals surface area contributed by atoms with Crippen LogP contribution in [-0.2, 0) is 0 Å². The first kappa shape index (κ1) is 8.01. The number of hydrogen-bond acceptors (Lipinski definition) is 3. The van der Waals surface area contributed by atoms with Crippen LogP contribution in [0.3, 0.4) is 0 Å². The molecular weight excluding hydrogens is 170 g/mol. The lowest BCUT2D eigenvalue weighted by molar-refractivity contribution is 0.187. The molecule has 0 saturated carbocycles. The standard InChI is InChI=1S/C6H8ClNOS/c7-6-1-4(3-10-6)5(9)2-8/h1,3,5,9H,2,8H2/t5-/m0/s1. The molecule has 1 heterocycles. The predicted octanol–water partition coefficient (Wildman–Crippen LogP) is 1.39. The molecule has 4 heteroatoms. The normalized spacial score (nSPS) is 13.5. The van der Waals surface area contributed by atoms with Gasteiger partial charge in [0.1, 0.15) is 0 Å². The fourth-order valence-corrected chi connectivity index (χ4v) is 1.57. The van der Waals surface area contributed by atoms with E-state index in [1.54, 1.807) is 11.4 Å². The molecule has 56 valence electrons. The van der Waals surface area contributed by atoms with Crippen LogP contribution >= 0.6 is 22.9 Å². The molecule has 1 atom stereocenters. The lowest BCUT2D eigenvalue weighted by Gasteiger charge is -2.02. The highest BCUT2D eigenvalue weighted by Gasteiger charge is 2.05. The third-order valence-corrected chi connectivity index (χ3v) is 2.31. The van der Waals surface area contributed by atoms with Gasteiger partial charge in [-0.15, -0.1) is 11.3 Å². The van der Waals surface area contributed by atoms with Crippen molar-refractivity contribution < 1.29 is 5.11 Å². The highest BCUT2D eigenvalue weighted by molar-refractivity contribution is 7.14. The van der Waals surface area contributed by atoms with Crippen molar-refractivity contribution in [2.24, 2.45) is 5.73 Å². The first-order valence-corrected chi connectivity index (χ1v) is 4.12. The van der Waals surface area contributed by atoms with Crippen molar-refractivity contribution in [1.82, 2.24) is 0 Å². The van der Waals surface area contributed by atoms with Crippen molar-refractivity contribution in [3.8, 4) is 0 Å². The van der Waals surface area contributed by atoms with Gasteiger partial charge in [0, 0.05) is 6.54 Å². The van der Waals surface area contributed by atoms with Crippen LogP contribution < -0.4 is 5.73 Å². The lowest BCUT2D eigenvalue weighted by Crippen LogP contribution is -2.10. The van der Waals surface area contributed by atoms with E-state index in [1.807, 2.05) is 0 Å². The molecule has 0 aliphatic carbocycles. The molecule has 1 aromatic rings. The van der Waals surface area contributed by atoms with E-state index < -0.39 is 6.10 Å². The Bertz CT molecular complexity index is 213. The molecule has 0 spiro atoms. The molecule has 0 aliphatic heterocycles. The number of aliphatic hydroxyl groups excluding tert-OH is 1. The Morgan fingerprint density at radius 2 is 2.50 bits per heavy atom. The second-order valence-electron chi connectivity index (χ2n) is 1.94. The van der Waals surface area contributed by atoms with E-state index >= 15 is 0 Å². The Labute approximate surface area is 68.2 Å². The number of hydrogen-bond donors (Lipinski definition) is 2. The number of rotatable bonds is 2. The van der Waals surface area contributed by atoms with Gasteiger partial charge in [0.15, 0.2) is 0 Å². The molecule has 0 amide bonds. The zero-order valence-electron chi connectivity index (χ0n) is 5.25. The van der Waals surface area contributed by atoms with Crippen molar-refractivity contribution in [3.63, 3.8) is 0 Å². The van der Waals surface area contributed by atoms with E-state index in [0.29, 0.717) is 4.34 Å². The Balaban J connectivity index is 2.74. The zero-order chi connectivity index (χ0) is 7.56. The summed E-state index contributed by atoms with van der Waals surface area (Å²) in [5.41, 5.74) is 6.03. The first-order valence-electron chi connectivity index (χ1n) is 2.86. The maximum atomic E-state index is 9.17. The molecule has 0 saturated heterocycles. The summed E-state index contributed by atoms with van der Waals surface area (Å²) in [5, 5.41) is 11.0. The molecule has 0 radical (unpaired) electrons. The zero-order valence-corrected chi connectivity index (χ0v) is 6.82. The van der Waals surface area contributed by atoms with Crippen LogP contribution in [0.5, 0.6) is 0 Å². The summed E-state index contributed by atoms with van der Waals surface area (Å²) in [6.45, 7) is 0.243. The SMILES string of the molecule is NC[C@H](O)c1csc(Cl)c1. The first-order chi connectivity index (χ1) is 4.74. The topological polar surface area (TPSA) is 46.2 Å². The Morgan fingerprint density at radius 3 is 2.90 bits per heavy atom. The molecule has 3 N–H and O–H groups in total. The van der Waals surface area contributed by atoms with Crippen LogP contribution in [0.2, 0.25) is 4.34 Å². The van der Waals surface area contributed by atoms with Gasteiger partial charge < -0.3 is 10.8 Å². The van der Waals surface area contributed by atoms with Gasteiger partial charge in [-0.05, 0) is 17.0 Å². The van der Waals surface area contributed by atoms with Gasteiger partial charge in [-0.25, -0.2) is 0 Å². The van der Waals surface area contributed by atoms with E-state index in [2.05, 4.69) is 0 Å². The molecule has 0 unspecified atom stereocenters. The molecule has 0 aliphatic rings. The maximum absolute atomic E-state index is 9.17. The molecule has 2 nitrogen and oxygen atoms in total. The average molecular weight is 178 g/mol. The summed E-state index contributed by atoms with van der Waals surface area (Å²) >= 11 is 7.03. The lowest BCUT2D eigenvalue weighted by atomic mass is 10.2. The average Bonchev–Trinajstić information content (AvgIpc) is 2.34. The van der Waals surface area contributed by atoms with Gasteiger partial charge in [0.2, 0.25) is 0 Å². The van der Waals surface area contributed by atoms with Gasteiger partial charge in [-0.1, -0.05) is 11.6 Å². The van der Waals surface area contributed by atoms with Crippen molar-refractivity contribution in [3.05, 3.63) is 21.3 Å².